The number of aryl methyl sites for hydroxylation is 2. The molecule has 0 aliphatic carbocycles. The Morgan fingerprint density at radius 2 is 2.00 bits per heavy atom. The molecule has 0 unspecified atom stereocenters. The van der Waals surface area contributed by atoms with E-state index in [9.17, 15) is 4.79 Å². The lowest BCUT2D eigenvalue weighted by Gasteiger charge is -2.20. The van der Waals surface area contributed by atoms with Gasteiger partial charge in [-0.15, -0.1) is 0 Å². The molecular weight excluding hydrogens is 332 g/mol. The Morgan fingerprint density at radius 3 is 2.58 bits per heavy atom. The van der Waals surface area contributed by atoms with Crippen LogP contribution < -0.4 is 5.32 Å². The van der Waals surface area contributed by atoms with E-state index in [4.69, 9.17) is 4.52 Å². The number of carbonyl (C=O) groups is 1. The first kappa shape index (κ1) is 19.9. The molecule has 1 N–H and O–H groups in total. The van der Waals surface area contributed by atoms with E-state index in [0.717, 1.165) is 29.9 Å². The minimum Gasteiger partial charge on any atom is -0.339 e. The van der Waals surface area contributed by atoms with Crippen LogP contribution in [0.3, 0.4) is 0 Å². The highest BCUT2D eigenvalue weighted by Gasteiger charge is 2.21. The molecule has 0 aromatic carbocycles. The quantitative estimate of drug-likeness (QED) is 0.818. The van der Waals surface area contributed by atoms with Crippen molar-refractivity contribution in [2.45, 2.75) is 67.1 Å². The smallest absolute Gasteiger partial charge is 0.318 e. The summed E-state index contributed by atoms with van der Waals surface area (Å²) in [7, 11) is 1.72. The Kier molecular flexibility index (Phi) is 6.39. The van der Waals surface area contributed by atoms with Crippen LogP contribution in [0.2, 0.25) is 0 Å². The summed E-state index contributed by atoms with van der Waals surface area (Å²) < 4.78 is 7.17. The molecule has 0 bridgehead atoms. The Balaban J connectivity index is 1.98. The first-order valence-electron chi connectivity index (χ1n) is 9.09. The van der Waals surface area contributed by atoms with Crippen LogP contribution in [0.1, 0.15) is 62.4 Å². The summed E-state index contributed by atoms with van der Waals surface area (Å²) >= 11 is 0. The maximum Gasteiger partial charge on any atom is 0.318 e. The molecule has 0 radical (unpaired) electrons. The van der Waals surface area contributed by atoms with E-state index >= 15 is 0 Å². The molecule has 8 nitrogen and oxygen atoms in total. The molecule has 2 amide bonds. The second-order valence-electron chi connectivity index (χ2n) is 7.13. The fourth-order valence-electron chi connectivity index (χ4n) is 3.08. The van der Waals surface area contributed by atoms with Gasteiger partial charge < -0.3 is 14.7 Å². The lowest BCUT2D eigenvalue weighted by Crippen LogP contribution is -2.38. The predicted molar refractivity (Wildman–Crippen MR) is 98.6 cm³/mol. The van der Waals surface area contributed by atoms with Crippen molar-refractivity contribution in [2.24, 2.45) is 5.92 Å². The molecule has 0 saturated heterocycles. The summed E-state index contributed by atoms with van der Waals surface area (Å²) in [6.07, 6.45) is 0.736. The van der Waals surface area contributed by atoms with Crippen LogP contribution in [0, 0.1) is 19.8 Å². The van der Waals surface area contributed by atoms with E-state index < -0.39 is 0 Å². The molecule has 0 aliphatic rings. The van der Waals surface area contributed by atoms with Gasteiger partial charge in [0.05, 0.1) is 18.3 Å². The van der Waals surface area contributed by atoms with Gasteiger partial charge in [-0.25, -0.2) is 4.79 Å². The lowest BCUT2D eigenvalue weighted by molar-refractivity contribution is 0.201. The molecule has 0 aliphatic heterocycles. The average Bonchev–Trinajstić information content (AvgIpc) is 3.10. The number of urea groups is 1. The van der Waals surface area contributed by atoms with Crippen molar-refractivity contribution in [1.82, 2.24) is 30.1 Å². The second-order valence-corrected chi connectivity index (χ2v) is 7.13. The van der Waals surface area contributed by atoms with Gasteiger partial charge in [-0.2, -0.15) is 10.1 Å². The van der Waals surface area contributed by atoms with Gasteiger partial charge in [0.15, 0.2) is 5.82 Å². The van der Waals surface area contributed by atoms with Gasteiger partial charge in [0.2, 0.25) is 5.89 Å². The molecular formula is C18H30N6O2. The van der Waals surface area contributed by atoms with Crippen molar-refractivity contribution in [3.63, 3.8) is 0 Å². The first-order valence-corrected chi connectivity index (χ1v) is 9.09. The molecule has 26 heavy (non-hydrogen) atoms. The van der Waals surface area contributed by atoms with Crippen molar-refractivity contribution < 1.29 is 9.32 Å². The molecule has 0 saturated carbocycles. The van der Waals surface area contributed by atoms with E-state index in [-0.39, 0.29) is 12.1 Å². The third kappa shape index (κ3) is 4.62. The van der Waals surface area contributed by atoms with E-state index in [1.807, 2.05) is 25.5 Å². The van der Waals surface area contributed by atoms with Gasteiger partial charge >= 0.3 is 6.03 Å². The number of hydrogen-bond acceptors (Lipinski definition) is 5. The molecule has 2 aromatic heterocycles. The summed E-state index contributed by atoms with van der Waals surface area (Å²) in [6.45, 7) is 13.3. The molecule has 1 atom stereocenters. The Bertz CT molecular complexity index is 749. The minimum atomic E-state index is -0.184. The average molecular weight is 362 g/mol. The van der Waals surface area contributed by atoms with Crippen molar-refractivity contribution in [3.05, 3.63) is 28.7 Å². The Morgan fingerprint density at radius 1 is 1.31 bits per heavy atom. The van der Waals surface area contributed by atoms with Crippen LogP contribution in [0.4, 0.5) is 4.79 Å². The highest BCUT2D eigenvalue weighted by atomic mass is 16.5. The van der Waals surface area contributed by atoms with E-state index in [2.05, 4.69) is 41.3 Å². The number of nitrogens with one attached hydrogen (secondary N) is 1. The fourth-order valence-corrected chi connectivity index (χ4v) is 3.08. The zero-order valence-corrected chi connectivity index (χ0v) is 16.8. The maximum absolute atomic E-state index is 12.5. The lowest BCUT2D eigenvalue weighted by atomic mass is 10.1. The highest BCUT2D eigenvalue weighted by molar-refractivity contribution is 5.74. The molecule has 2 aromatic rings. The van der Waals surface area contributed by atoms with Crippen molar-refractivity contribution in [2.75, 3.05) is 7.05 Å². The van der Waals surface area contributed by atoms with E-state index in [0.29, 0.717) is 24.2 Å². The zero-order valence-electron chi connectivity index (χ0n) is 16.8. The number of hydrogen-bond donors (Lipinski definition) is 1. The van der Waals surface area contributed by atoms with Crippen LogP contribution in [-0.4, -0.2) is 37.9 Å². The topological polar surface area (TPSA) is 89.1 Å². The van der Waals surface area contributed by atoms with Gasteiger partial charge in [-0.05, 0) is 33.6 Å². The number of amides is 2. The summed E-state index contributed by atoms with van der Waals surface area (Å²) in [6, 6.07) is -0.317. The van der Waals surface area contributed by atoms with Gasteiger partial charge in [0.25, 0.3) is 0 Å². The molecule has 2 rings (SSSR count). The third-order valence-electron chi connectivity index (χ3n) is 4.33. The van der Waals surface area contributed by atoms with Crippen molar-refractivity contribution in [3.8, 4) is 0 Å². The second kappa shape index (κ2) is 8.33. The molecule has 0 fully saturated rings. The number of aromatic nitrogens is 4. The number of carbonyl (C=O) groups excluding carboxylic acids is 1. The Labute approximate surface area is 154 Å². The van der Waals surface area contributed by atoms with E-state index in [1.54, 1.807) is 11.9 Å². The normalized spacial score (nSPS) is 12.5. The Hall–Kier alpha value is -2.38. The maximum atomic E-state index is 12.5. The number of rotatable bonds is 7. The first-order chi connectivity index (χ1) is 12.2. The van der Waals surface area contributed by atoms with Gasteiger partial charge in [-0.1, -0.05) is 19.0 Å². The SMILES string of the molecule is CCn1nc(C)c([C@@H](C)NC(=O)N(C)Cc2noc(CC(C)C)n2)c1C. The summed E-state index contributed by atoms with van der Waals surface area (Å²) in [5.41, 5.74) is 3.08. The fraction of sp³-hybridized carbons (Fsp3) is 0.667. The van der Waals surface area contributed by atoms with Gasteiger partial charge in [-0.3, -0.25) is 4.68 Å². The van der Waals surface area contributed by atoms with E-state index in [1.165, 1.54) is 0 Å². The van der Waals surface area contributed by atoms with Crippen LogP contribution >= 0.6 is 0 Å². The molecule has 0 spiro atoms. The highest BCUT2D eigenvalue weighted by Crippen LogP contribution is 2.21. The standard InChI is InChI=1S/C18H30N6O2/c1-8-24-14(6)17(13(5)21-24)12(4)19-18(25)23(7)10-15-20-16(26-22-15)9-11(2)3/h11-12H,8-10H2,1-7H3,(H,19,25)/t12-/m1/s1. The van der Waals surface area contributed by atoms with Crippen LogP contribution in [0.25, 0.3) is 0 Å². The molecule has 2 heterocycles. The largest absolute Gasteiger partial charge is 0.339 e. The molecule has 144 valence electrons. The zero-order chi connectivity index (χ0) is 19.4. The summed E-state index contributed by atoms with van der Waals surface area (Å²) in [5, 5.41) is 11.5. The van der Waals surface area contributed by atoms with Gasteiger partial charge in [0, 0.05) is 31.3 Å². The molecule has 8 heteroatoms. The predicted octanol–water partition coefficient (Wildman–Crippen LogP) is 3.00. The van der Waals surface area contributed by atoms with Crippen molar-refractivity contribution >= 4 is 6.03 Å². The van der Waals surface area contributed by atoms with Crippen LogP contribution in [-0.2, 0) is 19.5 Å². The summed E-state index contributed by atoms with van der Waals surface area (Å²) in [5.74, 6) is 1.56. The van der Waals surface area contributed by atoms with Crippen LogP contribution in [0.5, 0.6) is 0 Å². The van der Waals surface area contributed by atoms with Crippen LogP contribution in [0.15, 0.2) is 4.52 Å². The number of nitrogens with zero attached hydrogens (tertiary/aromatic N) is 5. The summed E-state index contributed by atoms with van der Waals surface area (Å²) in [4.78, 5) is 18.4. The third-order valence-corrected chi connectivity index (χ3v) is 4.33. The van der Waals surface area contributed by atoms with Crippen molar-refractivity contribution in [1.29, 1.82) is 0 Å². The minimum absolute atomic E-state index is 0.132. The van der Waals surface area contributed by atoms with Gasteiger partial charge in [0.1, 0.15) is 0 Å². The monoisotopic (exact) mass is 362 g/mol.